The third-order valence-electron chi connectivity index (χ3n) is 18.3. The first-order valence-corrected chi connectivity index (χ1v) is 27.0. The largest absolute Gasteiger partial charge is 0.364 e. The van der Waals surface area contributed by atoms with E-state index in [1.54, 1.807) is 33.9 Å². The molecular formula is C61H76N4. The summed E-state index contributed by atoms with van der Waals surface area (Å²) in [7, 11) is 0. The van der Waals surface area contributed by atoms with Gasteiger partial charge >= 0.3 is 0 Å². The molecule has 65 heavy (non-hydrogen) atoms. The number of rotatable bonds is 9. The van der Waals surface area contributed by atoms with Gasteiger partial charge in [-0.25, -0.2) is 0 Å². The second-order valence-electron chi connectivity index (χ2n) is 21.9. The molecule has 12 rings (SSSR count). The molecule has 0 saturated heterocycles. The number of allylic oxidation sites excluding steroid dienone is 12. The second-order valence-corrected chi connectivity index (χ2v) is 21.9. The van der Waals surface area contributed by atoms with Gasteiger partial charge in [0, 0.05) is 69.8 Å². The van der Waals surface area contributed by atoms with Crippen LogP contribution in [0, 0.1) is 17.8 Å². The van der Waals surface area contributed by atoms with Crippen LogP contribution in [-0.4, -0.2) is 51.0 Å². The van der Waals surface area contributed by atoms with E-state index in [0.717, 1.165) is 24.7 Å². The molecule has 1 saturated carbocycles. The van der Waals surface area contributed by atoms with Crippen LogP contribution in [0.3, 0.4) is 0 Å². The van der Waals surface area contributed by atoms with E-state index in [4.69, 9.17) is 6.58 Å². The Morgan fingerprint density at radius 2 is 1.52 bits per heavy atom. The van der Waals surface area contributed by atoms with E-state index in [9.17, 15) is 0 Å². The van der Waals surface area contributed by atoms with Crippen molar-refractivity contribution >= 4 is 11.3 Å². The third-order valence-corrected chi connectivity index (χ3v) is 18.3. The molecule has 11 aliphatic rings. The van der Waals surface area contributed by atoms with E-state index in [2.05, 4.69) is 123 Å². The molecule has 7 atom stereocenters. The first kappa shape index (κ1) is 42.0. The molecule has 1 aromatic rings. The van der Waals surface area contributed by atoms with Crippen molar-refractivity contribution in [2.75, 3.05) is 4.90 Å². The lowest BCUT2D eigenvalue weighted by atomic mass is 9.72. The normalized spacial score (nSPS) is 34.2. The number of nitrogens with zero attached hydrogens (tertiary/aromatic N) is 4. The van der Waals surface area contributed by atoms with Crippen LogP contribution in [0.2, 0.25) is 0 Å². The molecule has 9 aliphatic carbocycles. The molecule has 340 valence electrons. The molecule has 4 heteroatoms. The van der Waals surface area contributed by atoms with Gasteiger partial charge in [0.1, 0.15) is 0 Å². The molecule has 1 aromatic carbocycles. The van der Waals surface area contributed by atoms with Crippen LogP contribution in [-0.2, 0) is 0 Å². The van der Waals surface area contributed by atoms with Crippen LogP contribution in [0.5, 0.6) is 0 Å². The summed E-state index contributed by atoms with van der Waals surface area (Å²) in [6, 6.07) is 12.5. The van der Waals surface area contributed by atoms with Crippen LogP contribution >= 0.6 is 0 Å². The van der Waals surface area contributed by atoms with Gasteiger partial charge in [-0.05, 0) is 195 Å². The lowest BCUT2D eigenvalue weighted by molar-refractivity contribution is 0.117. The Morgan fingerprint density at radius 3 is 2.34 bits per heavy atom. The highest BCUT2D eigenvalue weighted by molar-refractivity contribution is 5.91. The zero-order chi connectivity index (χ0) is 43.3. The topological polar surface area (TPSA) is 13.0 Å². The minimum Gasteiger partial charge on any atom is -0.364 e. The average Bonchev–Trinajstić information content (AvgIpc) is 3.88. The second kappa shape index (κ2) is 18.3. The van der Waals surface area contributed by atoms with Gasteiger partial charge in [0.2, 0.25) is 0 Å². The quantitative estimate of drug-likeness (QED) is 0.229. The van der Waals surface area contributed by atoms with Gasteiger partial charge in [-0.1, -0.05) is 97.7 Å². The van der Waals surface area contributed by atoms with Crippen LogP contribution in [0.15, 0.2) is 149 Å². The van der Waals surface area contributed by atoms with Gasteiger partial charge in [0.15, 0.2) is 0 Å². The maximum absolute atomic E-state index is 4.70. The smallest absolute Gasteiger partial charge is 0.0631 e. The van der Waals surface area contributed by atoms with Crippen molar-refractivity contribution in [3.05, 3.63) is 155 Å². The van der Waals surface area contributed by atoms with Crippen LogP contribution in [0.4, 0.5) is 5.69 Å². The molecule has 0 amide bonds. The zero-order valence-corrected chi connectivity index (χ0v) is 39.5. The molecular weight excluding hydrogens is 789 g/mol. The minimum absolute atomic E-state index is 0.397. The number of fused-ring (bicyclic) bond motifs is 5. The number of anilines is 1. The Kier molecular flexibility index (Phi) is 11.8. The first-order valence-electron chi connectivity index (χ1n) is 27.0. The van der Waals surface area contributed by atoms with Crippen molar-refractivity contribution in [3.63, 3.8) is 0 Å². The fourth-order valence-electron chi connectivity index (χ4n) is 15.2. The number of benzene rings is 1. The highest BCUT2D eigenvalue weighted by atomic mass is 15.2. The molecule has 0 radical (unpaired) electrons. The third kappa shape index (κ3) is 7.85. The Hall–Kier alpha value is -4.44. The van der Waals surface area contributed by atoms with Crippen molar-refractivity contribution in [1.29, 1.82) is 0 Å². The average molecular weight is 865 g/mol. The summed E-state index contributed by atoms with van der Waals surface area (Å²) >= 11 is 0. The van der Waals surface area contributed by atoms with Crippen molar-refractivity contribution < 1.29 is 0 Å². The van der Waals surface area contributed by atoms with Crippen molar-refractivity contribution in [1.82, 2.24) is 14.7 Å². The molecule has 4 nitrogen and oxygen atoms in total. The Balaban J connectivity index is 0.761. The summed E-state index contributed by atoms with van der Waals surface area (Å²) in [5, 5.41) is 0. The highest BCUT2D eigenvalue weighted by Gasteiger charge is 2.45. The van der Waals surface area contributed by atoms with Gasteiger partial charge < -0.3 is 19.6 Å². The number of hydrogen-bond donors (Lipinski definition) is 0. The summed E-state index contributed by atoms with van der Waals surface area (Å²) < 4.78 is 0. The van der Waals surface area contributed by atoms with E-state index in [-0.39, 0.29) is 0 Å². The summed E-state index contributed by atoms with van der Waals surface area (Å²) in [5.41, 5.74) is 15.4. The summed E-state index contributed by atoms with van der Waals surface area (Å²) in [6.45, 7) is 4.70. The van der Waals surface area contributed by atoms with Gasteiger partial charge in [-0.2, -0.15) is 0 Å². The van der Waals surface area contributed by atoms with E-state index < -0.39 is 0 Å². The van der Waals surface area contributed by atoms with Crippen LogP contribution in [0.1, 0.15) is 160 Å². The maximum atomic E-state index is 4.70. The lowest BCUT2D eigenvalue weighted by Crippen LogP contribution is -2.46. The lowest BCUT2D eigenvalue weighted by Gasteiger charge is -2.47. The fourth-order valence-corrected chi connectivity index (χ4v) is 15.2. The molecule has 0 spiro atoms. The molecule has 2 heterocycles. The molecule has 0 bridgehead atoms. The van der Waals surface area contributed by atoms with Crippen molar-refractivity contribution in [2.24, 2.45) is 17.8 Å². The van der Waals surface area contributed by atoms with E-state index in [1.807, 2.05) is 0 Å². The van der Waals surface area contributed by atoms with Gasteiger partial charge in [0.05, 0.1) is 12.1 Å². The zero-order valence-electron chi connectivity index (χ0n) is 39.5. The number of hydrogen-bond acceptors (Lipinski definition) is 4. The van der Waals surface area contributed by atoms with Gasteiger partial charge in [-0.15, -0.1) is 0 Å². The summed E-state index contributed by atoms with van der Waals surface area (Å²) in [5.74, 6) is 2.20. The van der Waals surface area contributed by atoms with Gasteiger partial charge in [0.25, 0.3) is 0 Å². The standard InChI is InChI=1S/C61H76N4/c1-43-17-11-14-26-57(43)63(52-38-40-61-56(42-52)54-25-13-16-28-59(54)65(61)48-22-9-4-10-23-48)50-35-31-45(32-36-50)44-29-33-49(34-30-44)62(46-18-5-2-6-19-46)51-37-39-60-55(41-51)53-24-12-15-27-58(53)64(60)47-20-7-3-8-21-47/h2,5,7,11-13,16-17,20,22,24-25,28,33,38,41-42,44-47,50,55,57,60-61H,1,3-4,6,8-10,14-15,18-19,21,23,26-27,29-32,34-37,39-40H2. The van der Waals surface area contributed by atoms with Crippen molar-refractivity contribution in [3.8, 4) is 0 Å². The molecule has 1 fully saturated rings. The molecule has 0 N–H and O–H groups in total. The summed E-state index contributed by atoms with van der Waals surface area (Å²) in [4.78, 5) is 11.5. The van der Waals surface area contributed by atoms with E-state index >= 15 is 0 Å². The van der Waals surface area contributed by atoms with E-state index in [0.29, 0.717) is 42.2 Å². The molecule has 0 aromatic heterocycles. The van der Waals surface area contributed by atoms with Crippen molar-refractivity contribution in [2.45, 2.75) is 190 Å². The Labute approximate surface area is 392 Å². The molecule has 7 unspecified atom stereocenters. The SMILES string of the molecule is C=C1C=CCCC1N(C1=CCC2C(=C1)c1ccccc1N2C1=CCCCC1)C1CCC(C2CC=C(N(C3=CC4C5=C(CCC=C5)N(C5C=CCCC5)C4CC3)C3CC=CCC3)CC2)CC1. The van der Waals surface area contributed by atoms with Crippen LogP contribution in [0.25, 0.3) is 5.57 Å². The first-order chi connectivity index (χ1) is 32.2. The molecule has 2 aliphatic heterocycles. The predicted octanol–water partition coefficient (Wildman–Crippen LogP) is 14.9. The van der Waals surface area contributed by atoms with Crippen LogP contribution < -0.4 is 4.90 Å². The monoisotopic (exact) mass is 865 g/mol. The Bertz CT molecular complexity index is 2310. The minimum atomic E-state index is 0.397. The predicted molar refractivity (Wildman–Crippen MR) is 271 cm³/mol. The summed E-state index contributed by atoms with van der Waals surface area (Å²) in [6.07, 6.45) is 63.3. The maximum Gasteiger partial charge on any atom is 0.0631 e. The highest BCUT2D eigenvalue weighted by Crippen LogP contribution is 2.51. The van der Waals surface area contributed by atoms with Gasteiger partial charge in [-0.3, -0.25) is 0 Å². The number of para-hydroxylation sites is 1. The Morgan fingerprint density at radius 1 is 0.631 bits per heavy atom. The fraction of sp³-hybridized carbons (Fsp3) is 0.541. The van der Waals surface area contributed by atoms with E-state index in [1.165, 1.54) is 164 Å².